The molecule has 3 N–H and O–H groups in total. The summed E-state index contributed by atoms with van der Waals surface area (Å²) in [6.07, 6.45) is -3.13. The number of rotatable bonds is 8. The fourth-order valence-corrected chi connectivity index (χ4v) is 5.92. The SMILES string of the molecule is CS(=O)(=O)c1ccc(COc2cc(C(N)=O)cc3c(Br)c(C(F)(F)O[PH](=O)O)sc23)c(C#N)c1. The minimum Gasteiger partial charge on any atom is -0.487 e. The highest BCUT2D eigenvalue weighted by molar-refractivity contribution is 9.10. The van der Waals surface area contributed by atoms with E-state index in [1.807, 2.05) is 6.07 Å². The van der Waals surface area contributed by atoms with Crippen molar-refractivity contribution >= 4 is 61.4 Å². The van der Waals surface area contributed by atoms with E-state index in [4.69, 9.17) is 15.4 Å². The quantitative estimate of drug-likeness (QED) is 0.369. The Kier molecular flexibility index (Phi) is 7.47. The van der Waals surface area contributed by atoms with Crippen LogP contribution >= 0.6 is 35.5 Å². The van der Waals surface area contributed by atoms with Gasteiger partial charge in [-0.05, 0) is 40.2 Å². The molecule has 0 fully saturated rings. The summed E-state index contributed by atoms with van der Waals surface area (Å²) in [5, 5.41) is 9.50. The third kappa shape index (κ3) is 5.46. The van der Waals surface area contributed by atoms with E-state index in [0.717, 1.165) is 6.26 Å². The Balaban J connectivity index is 2.09. The van der Waals surface area contributed by atoms with Gasteiger partial charge in [-0.2, -0.15) is 14.0 Å². The van der Waals surface area contributed by atoms with Gasteiger partial charge in [0.15, 0.2) is 9.84 Å². The molecule has 0 aliphatic heterocycles. The van der Waals surface area contributed by atoms with Crippen LogP contribution < -0.4 is 10.5 Å². The summed E-state index contributed by atoms with van der Waals surface area (Å²) >= 11 is 3.50. The number of benzene rings is 2. The molecule has 1 aromatic heterocycles. The lowest BCUT2D eigenvalue weighted by Gasteiger charge is -2.13. The van der Waals surface area contributed by atoms with E-state index in [9.17, 15) is 31.8 Å². The maximum Gasteiger partial charge on any atom is 0.400 e. The molecular weight excluding hydrogens is 581 g/mol. The number of hydrogen-bond acceptors (Lipinski definition) is 8. The first-order valence-corrected chi connectivity index (χ1v) is 13.7. The zero-order chi connectivity index (χ0) is 25.4. The van der Waals surface area contributed by atoms with Crippen molar-refractivity contribution in [2.45, 2.75) is 17.6 Å². The molecule has 34 heavy (non-hydrogen) atoms. The second-order valence-electron chi connectivity index (χ2n) is 6.84. The standard InChI is InChI=1S/C19H14BrF2N2O7PS2/c1-34(28,29)12-3-2-9(11(4-12)7-23)8-30-14-6-10(18(24)25)5-13-15(20)17(33-16(13)14)19(21,22)31-32(26)27/h2-6,32H,8H2,1H3,(H2,24,25)(H,26,27). The molecule has 15 heteroatoms. The summed E-state index contributed by atoms with van der Waals surface area (Å²) in [4.78, 5) is 19.8. The molecule has 0 saturated heterocycles. The van der Waals surface area contributed by atoms with Gasteiger partial charge in [-0.1, -0.05) is 6.07 Å². The number of ether oxygens (including phenoxy) is 1. The predicted molar refractivity (Wildman–Crippen MR) is 123 cm³/mol. The normalized spacial score (nSPS) is 12.9. The molecule has 9 nitrogen and oxygen atoms in total. The fourth-order valence-electron chi connectivity index (χ4n) is 2.90. The number of halogens is 3. The molecule has 1 heterocycles. The summed E-state index contributed by atoms with van der Waals surface area (Å²) in [5.74, 6) is -0.906. The predicted octanol–water partition coefficient (Wildman–Crippen LogP) is 4.06. The van der Waals surface area contributed by atoms with Gasteiger partial charge in [0.25, 0.3) is 0 Å². The van der Waals surface area contributed by atoms with Crippen LogP contribution in [0.5, 0.6) is 5.75 Å². The number of thiophene rings is 1. The number of alkyl halides is 2. The average Bonchev–Trinajstić information content (AvgIpc) is 3.07. The van der Waals surface area contributed by atoms with E-state index in [1.165, 1.54) is 30.3 Å². The van der Waals surface area contributed by atoms with Crippen molar-refractivity contribution in [3.05, 3.63) is 56.4 Å². The highest BCUT2D eigenvalue weighted by Crippen LogP contribution is 2.50. The molecule has 0 aliphatic carbocycles. The van der Waals surface area contributed by atoms with Crippen LogP contribution in [-0.4, -0.2) is 25.5 Å². The first kappa shape index (κ1) is 26.2. The number of primary amides is 1. The second kappa shape index (κ2) is 9.69. The number of nitrogens with zero attached hydrogens (tertiary/aromatic N) is 1. The zero-order valence-corrected chi connectivity index (χ0v) is 21.2. The minimum absolute atomic E-state index is 0.0197. The first-order chi connectivity index (χ1) is 15.7. The van der Waals surface area contributed by atoms with Crippen molar-refractivity contribution in [3.63, 3.8) is 0 Å². The molecule has 0 radical (unpaired) electrons. The van der Waals surface area contributed by atoms with Crippen LogP contribution in [0.15, 0.2) is 39.7 Å². The number of nitriles is 1. The largest absolute Gasteiger partial charge is 0.487 e. The summed E-state index contributed by atoms with van der Waals surface area (Å²) in [6.45, 7) is -0.271. The molecule has 0 saturated carbocycles. The molecular formula is C19H14BrF2N2O7PS2. The molecule has 0 aliphatic rings. The van der Waals surface area contributed by atoms with Crippen LogP contribution in [0.3, 0.4) is 0 Å². The number of fused-ring (bicyclic) bond motifs is 1. The van der Waals surface area contributed by atoms with Crippen LogP contribution in [-0.2, 0) is 31.6 Å². The molecule has 180 valence electrons. The number of sulfone groups is 1. The Morgan fingerprint density at radius 1 is 1.35 bits per heavy atom. The van der Waals surface area contributed by atoms with Crippen LogP contribution in [0.2, 0.25) is 0 Å². The Morgan fingerprint density at radius 2 is 2.03 bits per heavy atom. The molecule has 1 unspecified atom stereocenters. The van der Waals surface area contributed by atoms with Crippen molar-refractivity contribution in [3.8, 4) is 11.8 Å². The molecule has 1 amide bonds. The number of carbonyl (C=O) groups is 1. The van der Waals surface area contributed by atoms with Gasteiger partial charge in [0.2, 0.25) is 5.91 Å². The maximum atomic E-state index is 14.4. The van der Waals surface area contributed by atoms with Crippen molar-refractivity contribution in [2.24, 2.45) is 5.73 Å². The van der Waals surface area contributed by atoms with Crippen LogP contribution in [0.25, 0.3) is 10.1 Å². The second-order valence-corrected chi connectivity index (χ2v) is 11.4. The highest BCUT2D eigenvalue weighted by atomic mass is 79.9. The van der Waals surface area contributed by atoms with Crippen molar-refractivity contribution in [1.82, 2.24) is 0 Å². The van der Waals surface area contributed by atoms with E-state index in [-0.39, 0.29) is 42.9 Å². The highest BCUT2D eigenvalue weighted by Gasteiger charge is 2.40. The molecule has 0 bridgehead atoms. The molecule has 3 aromatic rings. The lowest BCUT2D eigenvalue weighted by atomic mass is 10.1. The lowest BCUT2D eigenvalue weighted by Crippen LogP contribution is -2.13. The average molecular weight is 595 g/mol. The number of hydrogen-bond donors (Lipinski definition) is 2. The minimum atomic E-state index is -4.12. The Hall–Kier alpha value is -2.40. The topological polar surface area (TPSA) is 157 Å². The number of amides is 1. The Labute approximate surface area is 204 Å². The zero-order valence-electron chi connectivity index (χ0n) is 17.0. The number of nitrogens with two attached hydrogens (primary N) is 1. The van der Waals surface area contributed by atoms with Gasteiger partial charge in [0, 0.05) is 27.2 Å². The molecule has 0 spiro atoms. The molecule has 2 aromatic carbocycles. The van der Waals surface area contributed by atoms with E-state index in [2.05, 4.69) is 20.5 Å². The van der Waals surface area contributed by atoms with Gasteiger partial charge < -0.3 is 15.4 Å². The third-order valence-electron chi connectivity index (χ3n) is 4.47. The van der Waals surface area contributed by atoms with Gasteiger partial charge in [-0.25, -0.2) is 12.9 Å². The Morgan fingerprint density at radius 3 is 2.59 bits per heavy atom. The van der Waals surface area contributed by atoms with E-state index in [1.54, 1.807) is 0 Å². The summed E-state index contributed by atoms with van der Waals surface area (Å²) < 4.78 is 72.6. The van der Waals surface area contributed by atoms with E-state index >= 15 is 0 Å². The summed E-state index contributed by atoms with van der Waals surface area (Å²) in [7, 11) is -7.54. The smallest absolute Gasteiger partial charge is 0.400 e. The Bertz CT molecular complexity index is 1490. The van der Waals surface area contributed by atoms with E-state index in [0.29, 0.717) is 16.9 Å². The van der Waals surface area contributed by atoms with Crippen molar-refractivity contribution < 1.29 is 40.7 Å². The van der Waals surface area contributed by atoms with Gasteiger partial charge in [-0.3, -0.25) is 9.36 Å². The van der Waals surface area contributed by atoms with Crippen molar-refractivity contribution in [1.29, 1.82) is 5.26 Å². The fraction of sp³-hybridized carbons (Fsp3) is 0.158. The van der Waals surface area contributed by atoms with Crippen LogP contribution in [0.1, 0.15) is 26.4 Å². The number of carbonyl (C=O) groups excluding carboxylic acids is 1. The van der Waals surface area contributed by atoms with Gasteiger partial charge in [-0.15, -0.1) is 11.3 Å². The molecule has 3 rings (SSSR count). The van der Waals surface area contributed by atoms with Gasteiger partial charge in [0.05, 0.1) is 21.2 Å². The summed E-state index contributed by atoms with van der Waals surface area (Å²) in [6, 6.07) is 8.19. The summed E-state index contributed by atoms with van der Waals surface area (Å²) in [5.41, 5.74) is 5.60. The third-order valence-corrected chi connectivity index (χ3v) is 8.37. The van der Waals surface area contributed by atoms with Gasteiger partial charge >= 0.3 is 14.4 Å². The lowest BCUT2D eigenvalue weighted by molar-refractivity contribution is -0.183. The van der Waals surface area contributed by atoms with Crippen molar-refractivity contribution in [2.75, 3.05) is 6.26 Å². The molecule has 1 atom stereocenters. The monoisotopic (exact) mass is 594 g/mol. The van der Waals surface area contributed by atoms with Gasteiger partial charge in [0.1, 0.15) is 17.2 Å². The maximum absolute atomic E-state index is 14.4. The van der Waals surface area contributed by atoms with E-state index < -0.39 is 35.0 Å². The van der Waals surface area contributed by atoms with Crippen LogP contribution in [0, 0.1) is 11.3 Å². The first-order valence-electron chi connectivity index (χ1n) is 8.96. The van der Waals surface area contributed by atoms with Crippen LogP contribution in [0.4, 0.5) is 8.78 Å².